The molecule has 1 N–H and O–H groups in total. The largest absolute Gasteiger partial charge is 0.488 e. The summed E-state index contributed by atoms with van der Waals surface area (Å²) < 4.78 is 11.2. The van der Waals surface area contributed by atoms with E-state index in [1.54, 1.807) is 4.90 Å². The predicted octanol–water partition coefficient (Wildman–Crippen LogP) is 2.41. The van der Waals surface area contributed by atoms with Crippen molar-refractivity contribution in [2.24, 2.45) is 0 Å². The maximum Gasteiger partial charge on any atom is 0.317 e. The molecule has 1 aromatic carbocycles. The van der Waals surface area contributed by atoms with Gasteiger partial charge in [0.2, 0.25) is 0 Å². The Hall–Kier alpha value is -1.75. The lowest BCUT2D eigenvalue weighted by Crippen LogP contribution is -2.45. The Morgan fingerprint density at radius 3 is 2.62 bits per heavy atom. The molecule has 21 heavy (non-hydrogen) atoms. The molecule has 0 unspecified atom stereocenters. The van der Waals surface area contributed by atoms with Gasteiger partial charge in [0.05, 0.1) is 13.2 Å². The SMILES string of the molecule is CC(C)(C)Oc1ccccc1CNC(=O)N1CCOCC1. The van der Waals surface area contributed by atoms with E-state index in [1.807, 2.05) is 45.0 Å². The number of hydrogen-bond donors (Lipinski definition) is 1. The molecule has 1 fully saturated rings. The summed E-state index contributed by atoms with van der Waals surface area (Å²) in [6, 6.07) is 7.74. The van der Waals surface area contributed by atoms with Gasteiger partial charge in [-0.05, 0) is 26.8 Å². The minimum atomic E-state index is -0.260. The average Bonchev–Trinajstić information content (AvgIpc) is 2.45. The molecule has 116 valence electrons. The van der Waals surface area contributed by atoms with E-state index >= 15 is 0 Å². The molecule has 2 amide bonds. The number of carbonyl (C=O) groups is 1. The van der Waals surface area contributed by atoms with E-state index in [1.165, 1.54) is 0 Å². The van der Waals surface area contributed by atoms with Crippen LogP contribution in [0.1, 0.15) is 26.3 Å². The molecular formula is C16H24N2O3. The van der Waals surface area contributed by atoms with Crippen molar-refractivity contribution in [1.82, 2.24) is 10.2 Å². The molecule has 5 nitrogen and oxygen atoms in total. The highest BCUT2D eigenvalue weighted by atomic mass is 16.5. The maximum atomic E-state index is 12.1. The first kappa shape index (κ1) is 15.6. The van der Waals surface area contributed by atoms with E-state index in [9.17, 15) is 4.79 Å². The highest BCUT2D eigenvalue weighted by Crippen LogP contribution is 2.22. The van der Waals surface area contributed by atoms with Gasteiger partial charge in [-0.1, -0.05) is 18.2 Å². The van der Waals surface area contributed by atoms with Crippen molar-refractivity contribution >= 4 is 6.03 Å². The third-order valence-corrected chi connectivity index (χ3v) is 3.12. The van der Waals surface area contributed by atoms with E-state index in [2.05, 4.69) is 5.32 Å². The first-order valence-corrected chi connectivity index (χ1v) is 7.33. The Morgan fingerprint density at radius 2 is 1.95 bits per heavy atom. The number of carbonyl (C=O) groups excluding carboxylic acids is 1. The van der Waals surface area contributed by atoms with Crippen molar-refractivity contribution in [1.29, 1.82) is 0 Å². The zero-order valence-corrected chi connectivity index (χ0v) is 13.0. The second kappa shape index (κ2) is 6.80. The van der Waals surface area contributed by atoms with Crippen LogP contribution in [0.2, 0.25) is 0 Å². The average molecular weight is 292 g/mol. The molecule has 0 saturated carbocycles. The number of hydrogen-bond acceptors (Lipinski definition) is 3. The molecule has 0 aromatic heterocycles. The van der Waals surface area contributed by atoms with E-state index in [4.69, 9.17) is 9.47 Å². The predicted molar refractivity (Wildman–Crippen MR) is 81.5 cm³/mol. The monoisotopic (exact) mass is 292 g/mol. The Bertz CT molecular complexity index is 477. The van der Waals surface area contributed by atoms with Crippen molar-refractivity contribution in [2.75, 3.05) is 26.3 Å². The third kappa shape index (κ3) is 4.93. The van der Waals surface area contributed by atoms with Crippen LogP contribution in [-0.4, -0.2) is 42.8 Å². The topological polar surface area (TPSA) is 50.8 Å². The molecule has 1 aliphatic heterocycles. The van der Waals surface area contributed by atoms with Gasteiger partial charge in [-0.2, -0.15) is 0 Å². The zero-order chi connectivity index (χ0) is 15.3. The summed E-state index contributed by atoms with van der Waals surface area (Å²) in [5.41, 5.74) is 0.721. The molecule has 1 heterocycles. The lowest BCUT2D eigenvalue weighted by Gasteiger charge is -2.27. The lowest BCUT2D eigenvalue weighted by molar-refractivity contribution is 0.0531. The molecule has 5 heteroatoms. The number of morpholine rings is 1. The minimum Gasteiger partial charge on any atom is -0.488 e. The Labute approximate surface area is 126 Å². The van der Waals surface area contributed by atoms with Crippen LogP contribution in [0.3, 0.4) is 0 Å². The molecule has 2 rings (SSSR count). The summed E-state index contributed by atoms with van der Waals surface area (Å²) in [7, 11) is 0. The Morgan fingerprint density at radius 1 is 1.29 bits per heavy atom. The number of benzene rings is 1. The number of urea groups is 1. The fourth-order valence-electron chi connectivity index (χ4n) is 2.13. The number of para-hydroxylation sites is 1. The van der Waals surface area contributed by atoms with E-state index in [0.717, 1.165) is 11.3 Å². The second-order valence-electron chi connectivity index (χ2n) is 6.08. The van der Waals surface area contributed by atoms with Gasteiger partial charge in [0.25, 0.3) is 0 Å². The number of ether oxygens (including phenoxy) is 2. The molecule has 1 saturated heterocycles. The van der Waals surface area contributed by atoms with Gasteiger partial charge in [0.15, 0.2) is 0 Å². The van der Waals surface area contributed by atoms with Crippen molar-refractivity contribution in [3.63, 3.8) is 0 Å². The van der Waals surface area contributed by atoms with E-state index in [0.29, 0.717) is 32.8 Å². The van der Waals surface area contributed by atoms with Crippen molar-refractivity contribution in [3.8, 4) is 5.75 Å². The van der Waals surface area contributed by atoms with E-state index < -0.39 is 0 Å². The molecule has 1 aromatic rings. The zero-order valence-electron chi connectivity index (χ0n) is 13.0. The van der Waals surface area contributed by atoms with Gasteiger partial charge < -0.3 is 19.7 Å². The van der Waals surface area contributed by atoms with Crippen LogP contribution in [0.5, 0.6) is 5.75 Å². The van der Waals surface area contributed by atoms with Crippen molar-refractivity contribution in [2.45, 2.75) is 32.9 Å². The van der Waals surface area contributed by atoms with Crippen LogP contribution in [0.25, 0.3) is 0 Å². The second-order valence-corrected chi connectivity index (χ2v) is 6.08. The highest BCUT2D eigenvalue weighted by Gasteiger charge is 2.18. The van der Waals surface area contributed by atoms with Crippen molar-refractivity contribution in [3.05, 3.63) is 29.8 Å². The fourth-order valence-corrected chi connectivity index (χ4v) is 2.13. The summed E-state index contributed by atoms with van der Waals surface area (Å²) in [6.45, 7) is 9.00. The van der Waals surface area contributed by atoms with Gasteiger partial charge in [-0.15, -0.1) is 0 Å². The van der Waals surface area contributed by atoms with Crippen LogP contribution < -0.4 is 10.1 Å². The Balaban J connectivity index is 1.94. The number of nitrogens with zero attached hydrogens (tertiary/aromatic N) is 1. The van der Waals surface area contributed by atoms with Crippen LogP contribution in [-0.2, 0) is 11.3 Å². The molecule has 0 aliphatic carbocycles. The van der Waals surface area contributed by atoms with Gasteiger partial charge in [0.1, 0.15) is 11.4 Å². The fraction of sp³-hybridized carbons (Fsp3) is 0.562. The lowest BCUT2D eigenvalue weighted by atomic mass is 10.1. The third-order valence-electron chi connectivity index (χ3n) is 3.12. The molecule has 0 atom stereocenters. The minimum absolute atomic E-state index is 0.0520. The first-order chi connectivity index (χ1) is 9.96. The number of nitrogens with one attached hydrogen (secondary N) is 1. The smallest absolute Gasteiger partial charge is 0.317 e. The normalized spacial score (nSPS) is 15.7. The number of amides is 2. The van der Waals surface area contributed by atoms with Gasteiger partial charge >= 0.3 is 6.03 Å². The highest BCUT2D eigenvalue weighted by molar-refractivity contribution is 5.74. The van der Waals surface area contributed by atoms with Gasteiger partial charge in [-0.3, -0.25) is 0 Å². The molecule has 1 aliphatic rings. The van der Waals surface area contributed by atoms with Crippen LogP contribution >= 0.6 is 0 Å². The quantitative estimate of drug-likeness (QED) is 0.930. The van der Waals surface area contributed by atoms with Gasteiger partial charge in [0, 0.05) is 25.2 Å². The molecule has 0 spiro atoms. The summed E-state index contributed by atoms with van der Waals surface area (Å²) in [5.74, 6) is 0.812. The summed E-state index contributed by atoms with van der Waals surface area (Å²) in [5, 5.41) is 2.95. The molecule has 0 bridgehead atoms. The van der Waals surface area contributed by atoms with Crippen LogP contribution in [0, 0.1) is 0 Å². The standard InChI is InChI=1S/C16H24N2O3/c1-16(2,3)21-14-7-5-4-6-13(14)12-17-15(19)18-8-10-20-11-9-18/h4-7H,8-12H2,1-3H3,(H,17,19). The van der Waals surface area contributed by atoms with E-state index in [-0.39, 0.29) is 11.6 Å². The molecule has 0 radical (unpaired) electrons. The first-order valence-electron chi connectivity index (χ1n) is 7.33. The molecular weight excluding hydrogens is 268 g/mol. The van der Waals surface area contributed by atoms with Crippen molar-refractivity contribution < 1.29 is 14.3 Å². The Kier molecular flexibility index (Phi) is 5.07. The summed E-state index contributed by atoms with van der Waals surface area (Å²) >= 11 is 0. The van der Waals surface area contributed by atoms with Crippen LogP contribution in [0.4, 0.5) is 4.79 Å². The maximum absolute atomic E-state index is 12.1. The number of rotatable bonds is 3. The van der Waals surface area contributed by atoms with Crippen LogP contribution in [0.15, 0.2) is 24.3 Å². The summed E-state index contributed by atoms with van der Waals surface area (Å²) in [6.07, 6.45) is 0. The van der Waals surface area contributed by atoms with Gasteiger partial charge in [-0.25, -0.2) is 4.79 Å². The summed E-state index contributed by atoms with van der Waals surface area (Å²) in [4.78, 5) is 13.9.